The molecular weight excluding hydrogens is 381 g/mol. The molecule has 2 heterocycles. The fourth-order valence-corrected chi connectivity index (χ4v) is 3.49. The highest BCUT2D eigenvalue weighted by molar-refractivity contribution is 8.00. The van der Waals surface area contributed by atoms with Crippen LogP contribution in [0.1, 0.15) is 20.3 Å². The van der Waals surface area contributed by atoms with Crippen molar-refractivity contribution >= 4 is 28.7 Å². The van der Waals surface area contributed by atoms with Crippen molar-refractivity contribution in [1.29, 1.82) is 0 Å². The van der Waals surface area contributed by atoms with Crippen LogP contribution in [-0.4, -0.2) is 50.7 Å². The van der Waals surface area contributed by atoms with Crippen molar-refractivity contribution in [3.8, 4) is 5.69 Å². The van der Waals surface area contributed by atoms with E-state index in [0.717, 1.165) is 11.8 Å². The van der Waals surface area contributed by atoms with E-state index in [-0.39, 0.29) is 17.0 Å². The minimum atomic E-state index is -0.320. The van der Waals surface area contributed by atoms with Gasteiger partial charge in [0.25, 0.3) is 0 Å². The molecule has 0 aliphatic heterocycles. The van der Waals surface area contributed by atoms with Gasteiger partial charge in [-0.15, -0.1) is 0 Å². The molecule has 9 heteroatoms. The van der Waals surface area contributed by atoms with E-state index in [0.29, 0.717) is 36.1 Å². The number of thioether (sulfide) groups is 1. The molecule has 0 radical (unpaired) electrons. The molecule has 1 aromatic carbocycles. The lowest BCUT2D eigenvalue weighted by molar-refractivity contribution is -0.120. The Morgan fingerprint density at radius 2 is 2.11 bits per heavy atom. The summed E-state index contributed by atoms with van der Waals surface area (Å²) in [5.41, 5.74) is 1.31. The highest BCUT2D eigenvalue weighted by atomic mass is 32.2. The van der Waals surface area contributed by atoms with Gasteiger partial charge in [-0.2, -0.15) is 5.10 Å². The third kappa shape index (κ3) is 4.85. The van der Waals surface area contributed by atoms with Crippen LogP contribution in [0.5, 0.6) is 0 Å². The Balaban J connectivity index is 1.70. The fraction of sp³-hybridized carbons (Fsp3) is 0.368. The molecule has 0 fully saturated rings. The summed E-state index contributed by atoms with van der Waals surface area (Å²) < 4.78 is 20.1. The summed E-state index contributed by atoms with van der Waals surface area (Å²) in [6.07, 6.45) is 3.88. The quantitative estimate of drug-likeness (QED) is 0.336. The largest absolute Gasteiger partial charge is 0.382 e. The lowest BCUT2D eigenvalue weighted by Crippen LogP contribution is -2.32. The van der Waals surface area contributed by atoms with Crippen molar-refractivity contribution in [3.05, 3.63) is 42.6 Å². The Bertz CT molecular complexity index is 932. The molecule has 0 spiro atoms. The number of carbonyl (C=O) groups excluding carboxylic acids is 1. The maximum Gasteiger partial charge on any atom is 0.233 e. The molecular formula is C19H22FN5O2S. The number of nitrogens with one attached hydrogen (secondary N) is 1. The second-order valence-electron chi connectivity index (χ2n) is 6.05. The van der Waals surface area contributed by atoms with Crippen molar-refractivity contribution in [1.82, 2.24) is 25.1 Å². The highest BCUT2D eigenvalue weighted by Crippen LogP contribution is 2.28. The van der Waals surface area contributed by atoms with Gasteiger partial charge in [-0.25, -0.2) is 19.0 Å². The lowest BCUT2D eigenvalue weighted by atomic mass is 10.3. The molecule has 0 bridgehead atoms. The third-order valence-electron chi connectivity index (χ3n) is 4.03. The molecule has 28 heavy (non-hydrogen) atoms. The molecule has 1 N–H and O–H groups in total. The SMILES string of the molecule is CCOCCCNC(=O)C(C)Sc1ncnc2c1cnn2-c1ccc(F)cc1. The van der Waals surface area contributed by atoms with Gasteiger partial charge < -0.3 is 10.1 Å². The van der Waals surface area contributed by atoms with Gasteiger partial charge >= 0.3 is 0 Å². The van der Waals surface area contributed by atoms with Crippen LogP contribution in [0.4, 0.5) is 4.39 Å². The maximum atomic E-state index is 13.2. The molecule has 1 atom stereocenters. The van der Waals surface area contributed by atoms with Crippen molar-refractivity contribution in [2.45, 2.75) is 30.5 Å². The number of benzene rings is 1. The number of fused-ring (bicyclic) bond motifs is 1. The number of hydrogen-bond acceptors (Lipinski definition) is 6. The summed E-state index contributed by atoms with van der Waals surface area (Å²) in [5.74, 6) is -0.369. The Labute approximate surface area is 166 Å². The zero-order chi connectivity index (χ0) is 19.9. The standard InChI is InChI=1S/C19H22FN5O2S/c1-3-27-10-4-9-21-18(26)13(2)28-19-16-11-24-25(17(16)22-12-23-19)15-7-5-14(20)6-8-15/h5-8,11-13H,3-4,9-10H2,1-2H3,(H,21,26). The van der Waals surface area contributed by atoms with E-state index in [1.54, 1.807) is 23.0 Å². The molecule has 0 saturated heterocycles. The molecule has 7 nitrogen and oxygen atoms in total. The topological polar surface area (TPSA) is 81.9 Å². The third-order valence-corrected chi connectivity index (χ3v) is 5.14. The van der Waals surface area contributed by atoms with E-state index in [2.05, 4.69) is 20.4 Å². The second-order valence-corrected chi connectivity index (χ2v) is 7.38. The van der Waals surface area contributed by atoms with Gasteiger partial charge in [0.2, 0.25) is 5.91 Å². The Morgan fingerprint density at radius 1 is 1.32 bits per heavy atom. The summed E-state index contributed by atoms with van der Waals surface area (Å²) >= 11 is 1.35. The van der Waals surface area contributed by atoms with Crippen LogP contribution >= 0.6 is 11.8 Å². The molecule has 0 saturated carbocycles. The maximum absolute atomic E-state index is 13.2. The first-order valence-corrected chi connectivity index (χ1v) is 9.95. The van der Waals surface area contributed by atoms with Crippen molar-refractivity contribution in [2.75, 3.05) is 19.8 Å². The van der Waals surface area contributed by atoms with Gasteiger partial charge in [0.05, 0.1) is 22.5 Å². The zero-order valence-corrected chi connectivity index (χ0v) is 16.6. The van der Waals surface area contributed by atoms with E-state index in [9.17, 15) is 9.18 Å². The van der Waals surface area contributed by atoms with Crippen LogP contribution in [0.2, 0.25) is 0 Å². The molecule has 3 aromatic rings. The summed E-state index contributed by atoms with van der Waals surface area (Å²) in [5, 5.41) is 8.36. The summed E-state index contributed by atoms with van der Waals surface area (Å²) in [7, 11) is 0. The smallest absolute Gasteiger partial charge is 0.233 e. The fourth-order valence-electron chi connectivity index (χ4n) is 2.58. The van der Waals surface area contributed by atoms with Crippen molar-refractivity contribution < 1.29 is 13.9 Å². The van der Waals surface area contributed by atoms with E-state index in [1.807, 2.05) is 13.8 Å². The number of hydrogen-bond donors (Lipinski definition) is 1. The summed E-state index contributed by atoms with van der Waals surface area (Å²) in [6.45, 7) is 5.66. The van der Waals surface area contributed by atoms with Gasteiger partial charge in [-0.05, 0) is 44.5 Å². The van der Waals surface area contributed by atoms with E-state index in [4.69, 9.17) is 4.74 Å². The first-order valence-electron chi connectivity index (χ1n) is 9.07. The monoisotopic (exact) mass is 403 g/mol. The molecule has 148 valence electrons. The predicted octanol–water partition coefficient (Wildman–Crippen LogP) is 2.98. The molecule has 2 aromatic heterocycles. The van der Waals surface area contributed by atoms with Crippen LogP contribution in [0, 0.1) is 5.82 Å². The number of amides is 1. The van der Waals surface area contributed by atoms with Crippen LogP contribution < -0.4 is 5.32 Å². The van der Waals surface area contributed by atoms with Crippen LogP contribution in [0.3, 0.4) is 0 Å². The molecule has 3 rings (SSSR count). The van der Waals surface area contributed by atoms with Crippen LogP contribution in [0.25, 0.3) is 16.7 Å². The van der Waals surface area contributed by atoms with Gasteiger partial charge in [0.1, 0.15) is 17.2 Å². The van der Waals surface area contributed by atoms with Crippen LogP contribution in [0.15, 0.2) is 41.8 Å². The van der Waals surface area contributed by atoms with E-state index < -0.39 is 0 Å². The van der Waals surface area contributed by atoms with Gasteiger partial charge in [0, 0.05) is 19.8 Å². The van der Waals surface area contributed by atoms with Crippen LogP contribution in [-0.2, 0) is 9.53 Å². The first kappa shape index (κ1) is 20.2. The first-order chi connectivity index (χ1) is 13.6. The summed E-state index contributed by atoms with van der Waals surface area (Å²) in [6, 6.07) is 6.01. The number of rotatable bonds is 9. The number of halogens is 1. The van der Waals surface area contributed by atoms with Gasteiger partial charge in [-0.1, -0.05) is 11.8 Å². The van der Waals surface area contributed by atoms with Crippen molar-refractivity contribution in [3.63, 3.8) is 0 Å². The van der Waals surface area contributed by atoms with Gasteiger partial charge in [0.15, 0.2) is 5.65 Å². The number of carbonyl (C=O) groups is 1. The molecule has 0 aliphatic carbocycles. The lowest BCUT2D eigenvalue weighted by Gasteiger charge is -2.12. The summed E-state index contributed by atoms with van der Waals surface area (Å²) in [4.78, 5) is 20.9. The number of aromatic nitrogens is 4. The highest BCUT2D eigenvalue weighted by Gasteiger charge is 2.18. The second kappa shape index (κ2) is 9.61. The molecule has 1 amide bonds. The van der Waals surface area contributed by atoms with Crippen molar-refractivity contribution in [2.24, 2.45) is 0 Å². The average Bonchev–Trinajstić information content (AvgIpc) is 3.13. The van der Waals surface area contributed by atoms with E-state index >= 15 is 0 Å². The normalized spacial score (nSPS) is 12.2. The molecule has 1 unspecified atom stereocenters. The minimum Gasteiger partial charge on any atom is -0.382 e. The van der Waals surface area contributed by atoms with Gasteiger partial charge in [-0.3, -0.25) is 4.79 Å². The predicted molar refractivity (Wildman–Crippen MR) is 106 cm³/mol. The zero-order valence-electron chi connectivity index (χ0n) is 15.8. The van der Waals surface area contributed by atoms with E-state index in [1.165, 1.54) is 30.2 Å². The minimum absolute atomic E-state index is 0.0563. The number of nitrogens with zero attached hydrogens (tertiary/aromatic N) is 4. The Hall–Kier alpha value is -2.52. The average molecular weight is 403 g/mol. The number of ether oxygens (including phenoxy) is 1. The molecule has 0 aliphatic rings. The Kier molecular flexibility index (Phi) is 6.94. The Morgan fingerprint density at radius 3 is 2.86 bits per heavy atom.